The number of rotatable bonds is 4. The summed E-state index contributed by atoms with van der Waals surface area (Å²) in [6, 6.07) is 8.44. The summed E-state index contributed by atoms with van der Waals surface area (Å²) in [7, 11) is 0. The number of carbonyl (C=O) groups is 1. The molecule has 1 amide bonds. The van der Waals surface area contributed by atoms with Crippen molar-refractivity contribution in [3.8, 4) is 0 Å². The number of nitrogens with one attached hydrogen (secondary N) is 1. The standard InChI is InChI=1S/C14H13BrClNO3/c1-8-2-5-13(20-8)12(18)7-17-14(19)10-6-9(15)3-4-11(10)16/h2-6,12,18H,7H2,1H3,(H,17,19). The van der Waals surface area contributed by atoms with Gasteiger partial charge < -0.3 is 14.8 Å². The van der Waals surface area contributed by atoms with E-state index in [0.29, 0.717) is 22.1 Å². The third-order valence-corrected chi connectivity index (χ3v) is 3.54. The highest BCUT2D eigenvalue weighted by atomic mass is 79.9. The number of carbonyl (C=O) groups excluding carboxylic acids is 1. The number of hydrogen-bond donors (Lipinski definition) is 2. The second kappa shape index (κ2) is 6.43. The molecular weight excluding hydrogens is 346 g/mol. The van der Waals surface area contributed by atoms with Crippen LogP contribution in [-0.4, -0.2) is 17.6 Å². The second-order valence-corrected chi connectivity index (χ2v) is 5.62. The molecule has 1 aromatic carbocycles. The Hall–Kier alpha value is -1.30. The summed E-state index contributed by atoms with van der Waals surface area (Å²) in [5, 5.41) is 12.9. The Morgan fingerprint density at radius 3 is 2.85 bits per heavy atom. The third-order valence-electron chi connectivity index (χ3n) is 2.72. The highest BCUT2D eigenvalue weighted by Crippen LogP contribution is 2.21. The van der Waals surface area contributed by atoms with E-state index < -0.39 is 6.10 Å². The van der Waals surface area contributed by atoms with Gasteiger partial charge in [-0.3, -0.25) is 4.79 Å². The molecule has 4 nitrogen and oxygen atoms in total. The molecular formula is C14H13BrClNO3. The van der Waals surface area contributed by atoms with Crippen LogP contribution in [0.25, 0.3) is 0 Å². The molecule has 0 spiro atoms. The van der Waals surface area contributed by atoms with Gasteiger partial charge in [-0.2, -0.15) is 0 Å². The van der Waals surface area contributed by atoms with Crippen LogP contribution in [0, 0.1) is 6.92 Å². The van der Waals surface area contributed by atoms with Crippen molar-refractivity contribution in [3.63, 3.8) is 0 Å². The third kappa shape index (κ3) is 3.62. The van der Waals surface area contributed by atoms with Crippen molar-refractivity contribution in [2.24, 2.45) is 0 Å². The average molecular weight is 359 g/mol. The number of benzene rings is 1. The first-order valence-electron chi connectivity index (χ1n) is 5.95. The lowest BCUT2D eigenvalue weighted by Gasteiger charge is -2.10. The number of amides is 1. The van der Waals surface area contributed by atoms with Gasteiger partial charge in [0.25, 0.3) is 5.91 Å². The van der Waals surface area contributed by atoms with E-state index in [1.54, 1.807) is 37.3 Å². The average Bonchev–Trinajstić information content (AvgIpc) is 2.85. The monoisotopic (exact) mass is 357 g/mol. The molecule has 1 atom stereocenters. The van der Waals surface area contributed by atoms with Gasteiger partial charge in [0.15, 0.2) is 0 Å². The van der Waals surface area contributed by atoms with E-state index in [0.717, 1.165) is 4.47 Å². The van der Waals surface area contributed by atoms with Crippen molar-refractivity contribution < 1.29 is 14.3 Å². The van der Waals surface area contributed by atoms with Crippen LogP contribution in [-0.2, 0) is 0 Å². The Balaban J connectivity index is 2.00. The minimum Gasteiger partial charge on any atom is -0.464 e. The van der Waals surface area contributed by atoms with Gasteiger partial charge in [-0.1, -0.05) is 27.5 Å². The molecule has 0 aliphatic heterocycles. The van der Waals surface area contributed by atoms with Gasteiger partial charge in [-0.25, -0.2) is 0 Å². The van der Waals surface area contributed by atoms with Crippen molar-refractivity contribution in [3.05, 3.63) is 56.9 Å². The molecule has 0 aliphatic rings. The molecule has 1 unspecified atom stereocenters. The Bertz CT molecular complexity index is 627. The SMILES string of the molecule is Cc1ccc(C(O)CNC(=O)c2cc(Br)ccc2Cl)o1. The summed E-state index contributed by atoms with van der Waals surface area (Å²) < 4.78 is 6.05. The Morgan fingerprint density at radius 2 is 2.20 bits per heavy atom. The fourth-order valence-corrected chi connectivity index (χ4v) is 2.25. The van der Waals surface area contributed by atoms with E-state index in [1.165, 1.54) is 0 Å². The minimum absolute atomic E-state index is 0.0502. The first-order chi connectivity index (χ1) is 9.47. The first kappa shape index (κ1) is 15.1. The molecule has 1 aromatic heterocycles. The molecule has 0 radical (unpaired) electrons. The number of aliphatic hydroxyl groups is 1. The van der Waals surface area contributed by atoms with Gasteiger partial charge in [0.05, 0.1) is 17.1 Å². The van der Waals surface area contributed by atoms with Gasteiger partial charge in [-0.15, -0.1) is 0 Å². The molecule has 2 rings (SSSR count). The van der Waals surface area contributed by atoms with Crippen molar-refractivity contribution >= 4 is 33.4 Å². The van der Waals surface area contributed by atoms with Crippen LogP contribution in [0.4, 0.5) is 0 Å². The van der Waals surface area contributed by atoms with Gasteiger partial charge in [0, 0.05) is 4.47 Å². The van der Waals surface area contributed by atoms with Gasteiger partial charge >= 0.3 is 0 Å². The van der Waals surface area contributed by atoms with Gasteiger partial charge in [0.1, 0.15) is 17.6 Å². The van der Waals surface area contributed by atoms with Crippen molar-refractivity contribution in [2.75, 3.05) is 6.54 Å². The maximum absolute atomic E-state index is 12.0. The van der Waals surface area contributed by atoms with Crippen LogP contribution < -0.4 is 5.32 Å². The summed E-state index contributed by atoms with van der Waals surface area (Å²) in [5.41, 5.74) is 0.351. The highest BCUT2D eigenvalue weighted by Gasteiger charge is 2.15. The molecule has 6 heteroatoms. The van der Waals surface area contributed by atoms with Crippen LogP contribution in [0.15, 0.2) is 39.2 Å². The van der Waals surface area contributed by atoms with Crippen molar-refractivity contribution in [1.29, 1.82) is 0 Å². The largest absolute Gasteiger partial charge is 0.464 e. The van der Waals surface area contributed by atoms with E-state index in [9.17, 15) is 9.90 Å². The molecule has 0 aliphatic carbocycles. The van der Waals surface area contributed by atoms with Crippen LogP contribution >= 0.6 is 27.5 Å². The Labute approximate surface area is 129 Å². The number of hydrogen-bond acceptors (Lipinski definition) is 3. The molecule has 2 aromatic rings. The first-order valence-corrected chi connectivity index (χ1v) is 7.12. The quantitative estimate of drug-likeness (QED) is 0.880. The fourth-order valence-electron chi connectivity index (χ4n) is 1.69. The lowest BCUT2D eigenvalue weighted by atomic mass is 10.2. The summed E-state index contributed by atoms with van der Waals surface area (Å²) >= 11 is 9.25. The van der Waals surface area contributed by atoms with Crippen LogP contribution in [0.5, 0.6) is 0 Å². The lowest BCUT2D eigenvalue weighted by molar-refractivity contribution is 0.0900. The predicted molar refractivity (Wildman–Crippen MR) is 79.9 cm³/mol. The van der Waals surface area contributed by atoms with Gasteiger partial charge in [0.2, 0.25) is 0 Å². The minimum atomic E-state index is -0.890. The Kier molecular flexibility index (Phi) is 4.86. The smallest absolute Gasteiger partial charge is 0.252 e. The number of aliphatic hydroxyl groups excluding tert-OH is 1. The molecule has 20 heavy (non-hydrogen) atoms. The maximum atomic E-state index is 12.0. The summed E-state index contributed by atoms with van der Waals surface area (Å²) in [4.78, 5) is 12.0. The zero-order valence-corrected chi connectivity index (χ0v) is 13.0. The van der Waals surface area contributed by atoms with Crippen LogP contribution in [0.3, 0.4) is 0 Å². The summed E-state index contributed by atoms with van der Waals surface area (Å²) in [6.45, 7) is 1.84. The number of furan rings is 1. The summed E-state index contributed by atoms with van der Waals surface area (Å²) in [6.07, 6.45) is -0.890. The normalized spacial score (nSPS) is 12.2. The van der Waals surface area contributed by atoms with Crippen LogP contribution in [0.2, 0.25) is 5.02 Å². The topological polar surface area (TPSA) is 62.5 Å². The van der Waals surface area contributed by atoms with Crippen molar-refractivity contribution in [2.45, 2.75) is 13.0 Å². The highest BCUT2D eigenvalue weighted by molar-refractivity contribution is 9.10. The molecule has 0 fully saturated rings. The van der Waals surface area contributed by atoms with E-state index in [-0.39, 0.29) is 12.5 Å². The van der Waals surface area contributed by atoms with E-state index >= 15 is 0 Å². The van der Waals surface area contributed by atoms with Gasteiger partial charge in [-0.05, 0) is 37.3 Å². The van der Waals surface area contributed by atoms with E-state index in [2.05, 4.69) is 21.2 Å². The zero-order valence-electron chi connectivity index (χ0n) is 10.7. The predicted octanol–water partition coefficient (Wildman–Crippen LogP) is 3.47. The molecule has 106 valence electrons. The molecule has 0 bridgehead atoms. The van der Waals surface area contributed by atoms with Crippen LogP contribution in [0.1, 0.15) is 28.0 Å². The van der Waals surface area contributed by atoms with E-state index in [4.69, 9.17) is 16.0 Å². The number of aryl methyl sites for hydroxylation is 1. The maximum Gasteiger partial charge on any atom is 0.252 e. The molecule has 0 saturated heterocycles. The molecule has 0 saturated carbocycles. The second-order valence-electron chi connectivity index (χ2n) is 4.30. The molecule has 1 heterocycles. The Morgan fingerprint density at radius 1 is 1.45 bits per heavy atom. The zero-order chi connectivity index (χ0) is 14.7. The lowest BCUT2D eigenvalue weighted by Crippen LogP contribution is -2.28. The fraction of sp³-hybridized carbons (Fsp3) is 0.214. The van der Waals surface area contributed by atoms with Crippen molar-refractivity contribution in [1.82, 2.24) is 5.32 Å². The van der Waals surface area contributed by atoms with E-state index in [1.807, 2.05) is 0 Å². The molecule has 2 N–H and O–H groups in total. The summed E-state index contributed by atoms with van der Waals surface area (Å²) in [5.74, 6) is 0.780. The number of halogens is 2.